The van der Waals surface area contributed by atoms with Crippen molar-refractivity contribution in [2.45, 2.75) is 0 Å². The first-order valence-corrected chi connectivity index (χ1v) is 5.60. The zero-order valence-corrected chi connectivity index (χ0v) is 10.5. The normalized spacial score (nSPS) is 10.3. The van der Waals surface area contributed by atoms with Crippen molar-refractivity contribution in [1.29, 1.82) is 0 Å². The predicted octanol–water partition coefficient (Wildman–Crippen LogP) is 2.03. The van der Waals surface area contributed by atoms with Crippen molar-refractivity contribution < 1.29 is 19.8 Å². The van der Waals surface area contributed by atoms with Gasteiger partial charge in [0.2, 0.25) is 0 Å². The number of carboxylic acid groups (broad SMARTS) is 2. The molecular weight excluding hydrogens is 304 g/mol. The number of hydrogen-bond donors (Lipinski definition) is 2. The second kappa shape index (κ2) is 4.61. The molecule has 0 aliphatic rings. The average molecular weight is 311 g/mol. The van der Waals surface area contributed by atoms with Crippen LogP contribution in [0.5, 0.6) is 0 Å². The van der Waals surface area contributed by atoms with E-state index in [0.717, 1.165) is 0 Å². The van der Waals surface area contributed by atoms with E-state index in [9.17, 15) is 9.59 Å². The van der Waals surface area contributed by atoms with E-state index in [1.165, 1.54) is 10.9 Å². The summed E-state index contributed by atoms with van der Waals surface area (Å²) in [5.74, 6) is -2.72. The van der Waals surface area contributed by atoms with Gasteiger partial charge in [-0.15, -0.1) is 0 Å². The number of nitrogens with zero attached hydrogens (tertiary/aromatic N) is 2. The van der Waals surface area contributed by atoms with E-state index >= 15 is 0 Å². The van der Waals surface area contributed by atoms with Crippen LogP contribution in [0.3, 0.4) is 0 Å². The minimum Gasteiger partial charge on any atom is -0.476 e. The number of carbonyl (C=O) groups is 2. The molecule has 0 saturated heterocycles. The fourth-order valence-electron chi connectivity index (χ4n) is 1.54. The molecule has 92 valence electrons. The number of para-hydroxylation sites is 1. The van der Waals surface area contributed by atoms with Crippen LogP contribution in [-0.4, -0.2) is 31.7 Å². The maximum absolute atomic E-state index is 11.2. The monoisotopic (exact) mass is 310 g/mol. The van der Waals surface area contributed by atoms with E-state index < -0.39 is 17.6 Å². The molecule has 0 unspecified atom stereocenters. The van der Waals surface area contributed by atoms with Gasteiger partial charge in [-0.2, -0.15) is 0 Å². The Morgan fingerprint density at radius 2 is 1.83 bits per heavy atom. The summed E-state index contributed by atoms with van der Waals surface area (Å²) in [5, 5.41) is 18.0. The van der Waals surface area contributed by atoms with Crippen LogP contribution < -0.4 is 0 Å². The molecule has 1 aromatic heterocycles. The number of hydrogen-bond acceptors (Lipinski definition) is 3. The quantitative estimate of drug-likeness (QED) is 0.905. The number of carboxylic acids is 2. The van der Waals surface area contributed by atoms with E-state index in [1.807, 2.05) is 0 Å². The summed E-state index contributed by atoms with van der Waals surface area (Å²) < 4.78 is 1.86. The van der Waals surface area contributed by atoms with Gasteiger partial charge in [0, 0.05) is 4.47 Å². The molecule has 0 fully saturated rings. The summed E-state index contributed by atoms with van der Waals surface area (Å²) in [6, 6.07) is 6.86. The summed E-state index contributed by atoms with van der Waals surface area (Å²) in [7, 11) is 0. The van der Waals surface area contributed by atoms with Crippen LogP contribution in [0.1, 0.15) is 21.0 Å². The Hall–Kier alpha value is -2.15. The molecule has 0 radical (unpaired) electrons. The molecule has 2 aromatic rings. The van der Waals surface area contributed by atoms with Gasteiger partial charge in [-0.05, 0) is 28.1 Å². The van der Waals surface area contributed by atoms with Crippen LogP contribution in [-0.2, 0) is 0 Å². The Morgan fingerprint density at radius 3 is 2.39 bits per heavy atom. The molecule has 0 aliphatic heterocycles. The molecule has 0 bridgehead atoms. The summed E-state index contributed by atoms with van der Waals surface area (Å²) in [4.78, 5) is 25.7. The van der Waals surface area contributed by atoms with Gasteiger partial charge in [0.25, 0.3) is 0 Å². The number of imidazole rings is 1. The average Bonchev–Trinajstić information content (AvgIpc) is 2.74. The molecule has 0 aliphatic carbocycles. The smallest absolute Gasteiger partial charge is 0.357 e. The van der Waals surface area contributed by atoms with Gasteiger partial charge in [-0.1, -0.05) is 12.1 Å². The number of benzene rings is 1. The van der Waals surface area contributed by atoms with E-state index in [4.69, 9.17) is 10.2 Å². The molecule has 0 amide bonds. The second-order valence-corrected chi connectivity index (χ2v) is 4.23. The van der Waals surface area contributed by atoms with Crippen molar-refractivity contribution in [2.75, 3.05) is 0 Å². The molecule has 2 N–H and O–H groups in total. The fraction of sp³-hybridized carbons (Fsp3) is 0. The molecule has 0 spiro atoms. The topological polar surface area (TPSA) is 92.4 Å². The van der Waals surface area contributed by atoms with Gasteiger partial charge in [0.1, 0.15) is 6.33 Å². The first-order chi connectivity index (χ1) is 8.52. The van der Waals surface area contributed by atoms with Crippen LogP contribution in [0.25, 0.3) is 5.69 Å². The van der Waals surface area contributed by atoms with Crippen molar-refractivity contribution in [3.63, 3.8) is 0 Å². The zero-order chi connectivity index (χ0) is 13.3. The molecule has 1 heterocycles. The van der Waals surface area contributed by atoms with Gasteiger partial charge in [0.15, 0.2) is 11.4 Å². The predicted molar refractivity (Wildman–Crippen MR) is 65.2 cm³/mol. The van der Waals surface area contributed by atoms with Gasteiger partial charge < -0.3 is 10.2 Å². The molecule has 2 rings (SSSR count). The van der Waals surface area contributed by atoms with Crippen LogP contribution in [0.15, 0.2) is 35.1 Å². The van der Waals surface area contributed by atoms with Gasteiger partial charge in [-0.3, -0.25) is 4.57 Å². The second-order valence-electron chi connectivity index (χ2n) is 3.37. The molecule has 18 heavy (non-hydrogen) atoms. The zero-order valence-electron chi connectivity index (χ0n) is 8.87. The molecule has 0 atom stereocenters. The van der Waals surface area contributed by atoms with Crippen molar-refractivity contribution in [3.8, 4) is 5.69 Å². The summed E-state index contributed by atoms with van der Waals surface area (Å²) >= 11 is 3.27. The molecule has 0 saturated carbocycles. The van der Waals surface area contributed by atoms with E-state index in [-0.39, 0.29) is 5.69 Å². The number of halogens is 1. The Bertz CT molecular complexity index is 636. The van der Waals surface area contributed by atoms with E-state index in [0.29, 0.717) is 10.2 Å². The SMILES string of the molecule is O=C(O)c1ncn(-c2ccccc2Br)c1C(=O)O. The lowest BCUT2D eigenvalue weighted by Gasteiger charge is -2.07. The van der Waals surface area contributed by atoms with Crippen LogP contribution >= 0.6 is 15.9 Å². The highest BCUT2D eigenvalue weighted by Gasteiger charge is 2.24. The molecule has 7 heteroatoms. The standard InChI is InChI=1S/C11H7BrN2O4/c12-6-3-1-2-4-7(6)14-5-13-8(10(15)16)9(14)11(17)18/h1-5H,(H,15,16)(H,17,18). The fourth-order valence-corrected chi connectivity index (χ4v) is 2.01. The summed E-state index contributed by atoms with van der Waals surface area (Å²) in [5.41, 5.74) is -0.359. The number of rotatable bonds is 3. The molecule has 6 nitrogen and oxygen atoms in total. The van der Waals surface area contributed by atoms with Crippen LogP contribution in [0.4, 0.5) is 0 Å². The lowest BCUT2D eigenvalue weighted by molar-refractivity contribution is 0.0642. The lowest BCUT2D eigenvalue weighted by Crippen LogP contribution is -2.12. The Balaban J connectivity index is 2.70. The van der Waals surface area contributed by atoms with E-state index in [1.54, 1.807) is 24.3 Å². The third-order valence-electron chi connectivity index (χ3n) is 2.28. The minimum absolute atomic E-state index is 0.380. The Kier molecular flexibility index (Phi) is 3.15. The number of aromatic carboxylic acids is 2. The van der Waals surface area contributed by atoms with Gasteiger partial charge in [-0.25, -0.2) is 14.6 Å². The third-order valence-corrected chi connectivity index (χ3v) is 2.96. The Morgan fingerprint density at radius 1 is 1.17 bits per heavy atom. The van der Waals surface area contributed by atoms with Crippen molar-refractivity contribution >= 4 is 27.9 Å². The number of aromatic nitrogens is 2. The van der Waals surface area contributed by atoms with Gasteiger partial charge in [0.05, 0.1) is 5.69 Å². The summed E-state index contributed by atoms with van der Waals surface area (Å²) in [6.07, 6.45) is 1.17. The molecule has 1 aromatic carbocycles. The van der Waals surface area contributed by atoms with Crippen LogP contribution in [0, 0.1) is 0 Å². The van der Waals surface area contributed by atoms with Crippen molar-refractivity contribution in [3.05, 3.63) is 46.5 Å². The highest BCUT2D eigenvalue weighted by atomic mass is 79.9. The molecular formula is C11H7BrN2O4. The van der Waals surface area contributed by atoms with Crippen molar-refractivity contribution in [2.24, 2.45) is 0 Å². The Labute approximate surface area is 110 Å². The largest absolute Gasteiger partial charge is 0.476 e. The first kappa shape index (κ1) is 12.3. The van der Waals surface area contributed by atoms with Crippen LogP contribution in [0.2, 0.25) is 0 Å². The van der Waals surface area contributed by atoms with Crippen molar-refractivity contribution in [1.82, 2.24) is 9.55 Å². The third kappa shape index (κ3) is 2.00. The maximum Gasteiger partial charge on any atom is 0.357 e. The van der Waals surface area contributed by atoms with E-state index in [2.05, 4.69) is 20.9 Å². The highest BCUT2D eigenvalue weighted by molar-refractivity contribution is 9.10. The maximum atomic E-state index is 11.2. The summed E-state index contributed by atoms with van der Waals surface area (Å²) in [6.45, 7) is 0. The highest BCUT2D eigenvalue weighted by Crippen LogP contribution is 2.23. The van der Waals surface area contributed by atoms with Gasteiger partial charge >= 0.3 is 11.9 Å². The lowest BCUT2D eigenvalue weighted by atomic mass is 10.2. The first-order valence-electron chi connectivity index (χ1n) is 4.81. The minimum atomic E-state index is -1.38.